The summed E-state index contributed by atoms with van der Waals surface area (Å²) >= 11 is 0. The molecule has 1 aliphatic heterocycles. The van der Waals surface area contributed by atoms with Crippen molar-refractivity contribution in [2.45, 2.75) is 63.3 Å². The lowest BCUT2D eigenvalue weighted by atomic mass is 9.63. The van der Waals surface area contributed by atoms with Crippen molar-refractivity contribution >= 4 is 5.97 Å². The third-order valence-corrected chi connectivity index (χ3v) is 5.72. The van der Waals surface area contributed by atoms with Crippen LogP contribution in [0.4, 0.5) is 0 Å². The van der Waals surface area contributed by atoms with Gasteiger partial charge < -0.3 is 18.9 Å². The van der Waals surface area contributed by atoms with Crippen LogP contribution in [0.25, 0.3) is 0 Å². The quantitative estimate of drug-likeness (QED) is 0.797. The van der Waals surface area contributed by atoms with Crippen molar-refractivity contribution in [3.05, 3.63) is 35.9 Å². The van der Waals surface area contributed by atoms with E-state index in [0.29, 0.717) is 5.56 Å². The van der Waals surface area contributed by atoms with Gasteiger partial charge in [0.05, 0.1) is 17.8 Å². The summed E-state index contributed by atoms with van der Waals surface area (Å²) < 4.78 is 23.7. The number of carbonyl (C=O) groups is 1. The van der Waals surface area contributed by atoms with Crippen molar-refractivity contribution in [3.63, 3.8) is 0 Å². The fourth-order valence-corrected chi connectivity index (χ4v) is 4.47. The summed E-state index contributed by atoms with van der Waals surface area (Å²) in [7, 11) is 1.71. The first kappa shape index (κ1) is 16.1. The third kappa shape index (κ3) is 2.38. The minimum Gasteiger partial charge on any atom is -0.458 e. The number of methoxy groups -OCH3 is 1. The van der Waals surface area contributed by atoms with Gasteiger partial charge in [-0.05, 0) is 45.2 Å². The number of rotatable bonds is 3. The van der Waals surface area contributed by atoms with Crippen molar-refractivity contribution in [2.24, 2.45) is 5.41 Å². The van der Waals surface area contributed by atoms with E-state index in [1.807, 2.05) is 32.0 Å². The zero-order chi connectivity index (χ0) is 16.9. The van der Waals surface area contributed by atoms with E-state index < -0.39 is 5.79 Å². The van der Waals surface area contributed by atoms with Gasteiger partial charge in [0.25, 0.3) is 0 Å². The summed E-state index contributed by atoms with van der Waals surface area (Å²) in [4.78, 5) is 12.4. The molecule has 3 aliphatic rings. The Hall–Kier alpha value is -1.43. The molecule has 0 amide bonds. The zero-order valence-corrected chi connectivity index (χ0v) is 14.4. The Kier molecular flexibility index (Phi) is 3.71. The van der Waals surface area contributed by atoms with Gasteiger partial charge in [-0.3, -0.25) is 0 Å². The van der Waals surface area contributed by atoms with Gasteiger partial charge >= 0.3 is 5.97 Å². The molecule has 130 valence electrons. The van der Waals surface area contributed by atoms with Crippen LogP contribution in [0.15, 0.2) is 30.3 Å². The molecule has 1 heterocycles. The van der Waals surface area contributed by atoms with Gasteiger partial charge in [-0.25, -0.2) is 4.79 Å². The van der Waals surface area contributed by atoms with E-state index in [4.69, 9.17) is 18.9 Å². The smallest absolute Gasteiger partial charge is 0.338 e. The maximum atomic E-state index is 12.4. The number of carbonyl (C=O) groups excluding carboxylic acids is 1. The fraction of sp³-hybridized carbons (Fsp3) is 0.632. The van der Waals surface area contributed by atoms with Gasteiger partial charge in [-0.2, -0.15) is 0 Å². The van der Waals surface area contributed by atoms with E-state index in [1.165, 1.54) is 0 Å². The summed E-state index contributed by atoms with van der Waals surface area (Å²) in [6.07, 6.45) is 2.30. The second-order valence-electron chi connectivity index (χ2n) is 7.53. The molecule has 1 aromatic rings. The van der Waals surface area contributed by atoms with Crippen molar-refractivity contribution < 1.29 is 23.7 Å². The van der Waals surface area contributed by atoms with E-state index in [0.717, 1.165) is 19.3 Å². The highest BCUT2D eigenvalue weighted by Gasteiger charge is 2.68. The number of hydrogen-bond acceptors (Lipinski definition) is 5. The summed E-state index contributed by atoms with van der Waals surface area (Å²) in [6.45, 7) is 3.85. The van der Waals surface area contributed by atoms with Crippen molar-refractivity contribution in [1.82, 2.24) is 0 Å². The number of fused-ring (bicyclic) bond motifs is 2. The zero-order valence-electron chi connectivity index (χ0n) is 14.4. The summed E-state index contributed by atoms with van der Waals surface area (Å²) in [6, 6.07) is 9.13. The Morgan fingerprint density at radius 1 is 1.21 bits per heavy atom. The molecule has 0 N–H and O–H groups in total. The predicted molar refractivity (Wildman–Crippen MR) is 86.6 cm³/mol. The second-order valence-corrected chi connectivity index (χ2v) is 7.53. The Labute approximate surface area is 142 Å². The van der Waals surface area contributed by atoms with Crippen LogP contribution in [-0.4, -0.2) is 43.3 Å². The molecule has 2 aliphatic carbocycles. The Morgan fingerprint density at radius 3 is 2.58 bits per heavy atom. The van der Waals surface area contributed by atoms with Crippen LogP contribution in [0.2, 0.25) is 0 Å². The van der Waals surface area contributed by atoms with Crippen LogP contribution in [0.3, 0.4) is 0 Å². The molecule has 24 heavy (non-hydrogen) atoms. The highest BCUT2D eigenvalue weighted by molar-refractivity contribution is 5.89. The number of benzene rings is 1. The summed E-state index contributed by atoms with van der Waals surface area (Å²) in [5, 5.41) is 0. The van der Waals surface area contributed by atoms with E-state index in [1.54, 1.807) is 19.2 Å². The maximum absolute atomic E-state index is 12.4. The average Bonchev–Trinajstić information content (AvgIpc) is 3.04. The molecule has 0 aromatic heterocycles. The van der Waals surface area contributed by atoms with E-state index in [-0.39, 0.29) is 35.8 Å². The highest BCUT2D eigenvalue weighted by atomic mass is 16.8. The first-order valence-electron chi connectivity index (χ1n) is 8.60. The SMILES string of the molecule is CO[C@@H]1C[C@]2(CC[C@H]2OC(=O)c2ccccc2)C2OC(C)(C)OC21. The van der Waals surface area contributed by atoms with Crippen LogP contribution in [0.5, 0.6) is 0 Å². The maximum Gasteiger partial charge on any atom is 0.338 e. The third-order valence-electron chi connectivity index (χ3n) is 5.72. The molecule has 1 spiro atoms. The molecule has 2 saturated carbocycles. The Morgan fingerprint density at radius 2 is 1.96 bits per heavy atom. The Balaban J connectivity index is 1.54. The molecule has 0 bridgehead atoms. The van der Waals surface area contributed by atoms with Crippen LogP contribution >= 0.6 is 0 Å². The molecule has 2 unspecified atom stereocenters. The van der Waals surface area contributed by atoms with Gasteiger partial charge in [0, 0.05) is 12.5 Å². The van der Waals surface area contributed by atoms with E-state index in [9.17, 15) is 4.79 Å². The topological polar surface area (TPSA) is 54.0 Å². The molecular formula is C19H24O5. The number of esters is 1. The van der Waals surface area contributed by atoms with Crippen molar-refractivity contribution in [1.29, 1.82) is 0 Å². The lowest BCUT2D eigenvalue weighted by Crippen LogP contribution is -2.54. The first-order chi connectivity index (χ1) is 11.5. The molecule has 0 radical (unpaired) electrons. The van der Waals surface area contributed by atoms with Crippen molar-refractivity contribution in [2.75, 3.05) is 7.11 Å². The van der Waals surface area contributed by atoms with Gasteiger partial charge in [0.15, 0.2) is 5.79 Å². The van der Waals surface area contributed by atoms with Crippen LogP contribution in [0.1, 0.15) is 43.5 Å². The lowest BCUT2D eigenvalue weighted by Gasteiger charge is -2.49. The molecule has 4 rings (SSSR count). The molecular weight excluding hydrogens is 308 g/mol. The van der Waals surface area contributed by atoms with E-state index in [2.05, 4.69) is 0 Å². The van der Waals surface area contributed by atoms with Gasteiger partial charge in [-0.1, -0.05) is 18.2 Å². The lowest BCUT2D eigenvalue weighted by molar-refractivity contribution is -0.203. The van der Waals surface area contributed by atoms with Gasteiger partial charge in [0.2, 0.25) is 0 Å². The standard InChI is InChI=1S/C19H24O5/c1-18(2)23-15-13(21-3)11-19(16(15)24-18)10-9-14(19)22-17(20)12-7-5-4-6-8-12/h4-8,13-16H,9-11H2,1-3H3/t13-,14-,15?,16?,19+/m1/s1. The molecule has 1 saturated heterocycles. The van der Waals surface area contributed by atoms with Gasteiger partial charge in [-0.15, -0.1) is 0 Å². The highest BCUT2D eigenvalue weighted by Crippen LogP contribution is 2.60. The average molecular weight is 332 g/mol. The van der Waals surface area contributed by atoms with Crippen molar-refractivity contribution in [3.8, 4) is 0 Å². The Bertz CT molecular complexity index is 628. The van der Waals surface area contributed by atoms with E-state index >= 15 is 0 Å². The predicted octanol–water partition coefficient (Wildman–Crippen LogP) is 2.93. The number of ether oxygens (including phenoxy) is 4. The summed E-state index contributed by atoms with van der Waals surface area (Å²) in [5.41, 5.74) is 0.394. The minimum absolute atomic E-state index is 0.0185. The largest absolute Gasteiger partial charge is 0.458 e. The summed E-state index contributed by atoms with van der Waals surface area (Å²) in [5.74, 6) is -0.890. The molecule has 5 nitrogen and oxygen atoms in total. The molecule has 5 atom stereocenters. The molecule has 3 fully saturated rings. The van der Waals surface area contributed by atoms with Crippen LogP contribution in [-0.2, 0) is 18.9 Å². The number of hydrogen-bond donors (Lipinski definition) is 0. The normalized spacial score (nSPS) is 39.5. The minimum atomic E-state index is -0.622. The first-order valence-corrected chi connectivity index (χ1v) is 8.60. The monoisotopic (exact) mass is 332 g/mol. The second kappa shape index (κ2) is 5.55. The molecule has 1 aromatic carbocycles. The molecule has 5 heteroatoms. The fourth-order valence-electron chi connectivity index (χ4n) is 4.47. The van der Waals surface area contributed by atoms with Crippen LogP contribution in [0, 0.1) is 5.41 Å². The van der Waals surface area contributed by atoms with Gasteiger partial charge in [0.1, 0.15) is 12.2 Å². The van der Waals surface area contributed by atoms with Crippen LogP contribution < -0.4 is 0 Å².